The molecule has 1 aromatic heterocycles. The Hall–Kier alpha value is -2.30. The van der Waals surface area contributed by atoms with Gasteiger partial charge in [0.15, 0.2) is 0 Å². The first kappa shape index (κ1) is 16.6. The van der Waals surface area contributed by atoms with Gasteiger partial charge < -0.3 is 14.8 Å². The minimum atomic E-state index is -0.00556. The summed E-state index contributed by atoms with van der Waals surface area (Å²) in [6.45, 7) is 8.61. The first-order valence-corrected chi connectivity index (χ1v) is 8.48. The van der Waals surface area contributed by atoms with E-state index in [-0.39, 0.29) is 17.2 Å². The minimum Gasteiger partial charge on any atom is -0.351 e. The molecule has 24 heavy (non-hydrogen) atoms. The number of nitrogens with zero attached hydrogens (tertiary/aromatic N) is 2. The van der Waals surface area contributed by atoms with Crippen molar-refractivity contribution in [3.63, 3.8) is 0 Å². The molecular weight excluding hydrogens is 302 g/mol. The molecule has 1 saturated heterocycles. The fourth-order valence-electron chi connectivity index (χ4n) is 3.08. The summed E-state index contributed by atoms with van der Waals surface area (Å²) in [7, 11) is 0. The number of benzene rings is 1. The topological polar surface area (TPSA) is 56.4 Å². The van der Waals surface area contributed by atoms with Crippen LogP contribution in [-0.2, 0) is 4.79 Å². The quantitative estimate of drug-likeness (QED) is 0.922. The molecule has 2 aromatic rings. The van der Waals surface area contributed by atoms with E-state index in [1.54, 1.807) is 0 Å². The number of H-pyrrole nitrogens is 1. The van der Waals surface area contributed by atoms with Crippen LogP contribution >= 0.6 is 0 Å². The molecule has 2 heterocycles. The Labute approximate surface area is 142 Å². The fraction of sp³-hybridized carbons (Fsp3) is 0.474. The molecule has 3 rings (SSSR count). The monoisotopic (exact) mass is 327 g/mol. The number of nitrogens with one attached hydrogen (secondary N) is 1. The van der Waals surface area contributed by atoms with Gasteiger partial charge in [-0.05, 0) is 17.5 Å². The Balaban J connectivity index is 1.62. The summed E-state index contributed by atoms with van der Waals surface area (Å²) in [5, 5.41) is 1.04. The van der Waals surface area contributed by atoms with Crippen molar-refractivity contribution in [3.8, 4) is 0 Å². The SMILES string of the molecule is CC(C)(C)CC(=O)N1CCN(C(=O)c2cc3ccccc3[nH]2)CC1. The second-order valence-electron chi connectivity index (χ2n) is 7.68. The van der Waals surface area contributed by atoms with Crippen molar-refractivity contribution in [2.45, 2.75) is 27.2 Å². The summed E-state index contributed by atoms with van der Waals surface area (Å²) in [4.78, 5) is 31.8. The van der Waals surface area contributed by atoms with Gasteiger partial charge in [-0.15, -0.1) is 0 Å². The highest BCUT2D eigenvalue weighted by Gasteiger charge is 2.27. The number of piperazine rings is 1. The summed E-state index contributed by atoms with van der Waals surface area (Å²) in [5.74, 6) is 0.189. The van der Waals surface area contributed by atoms with E-state index in [0.717, 1.165) is 10.9 Å². The molecule has 0 unspecified atom stereocenters. The van der Waals surface area contributed by atoms with Crippen LogP contribution in [0.4, 0.5) is 0 Å². The van der Waals surface area contributed by atoms with Gasteiger partial charge in [-0.25, -0.2) is 0 Å². The zero-order valence-electron chi connectivity index (χ0n) is 14.6. The molecule has 1 aliphatic rings. The van der Waals surface area contributed by atoms with E-state index in [0.29, 0.717) is 38.3 Å². The number of carbonyl (C=O) groups is 2. The molecule has 5 nitrogen and oxygen atoms in total. The van der Waals surface area contributed by atoms with Crippen molar-refractivity contribution in [3.05, 3.63) is 36.0 Å². The smallest absolute Gasteiger partial charge is 0.270 e. The van der Waals surface area contributed by atoms with Crippen molar-refractivity contribution in [1.29, 1.82) is 0 Å². The lowest BCUT2D eigenvalue weighted by atomic mass is 9.91. The zero-order valence-corrected chi connectivity index (χ0v) is 14.6. The van der Waals surface area contributed by atoms with Crippen LogP contribution in [-0.4, -0.2) is 52.8 Å². The number of fused-ring (bicyclic) bond motifs is 1. The number of aromatic nitrogens is 1. The van der Waals surface area contributed by atoms with Crippen LogP contribution in [0.1, 0.15) is 37.7 Å². The number of aromatic amines is 1. The number of carbonyl (C=O) groups excluding carboxylic acids is 2. The molecule has 0 spiro atoms. The van der Waals surface area contributed by atoms with Crippen LogP contribution in [0.3, 0.4) is 0 Å². The van der Waals surface area contributed by atoms with Gasteiger partial charge in [-0.2, -0.15) is 0 Å². The van der Waals surface area contributed by atoms with Crippen molar-refractivity contribution in [1.82, 2.24) is 14.8 Å². The Morgan fingerprint density at radius 1 is 1.04 bits per heavy atom. The van der Waals surface area contributed by atoms with E-state index >= 15 is 0 Å². The molecule has 128 valence electrons. The maximum atomic E-state index is 12.7. The molecule has 0 bridgehead atoms. The fourth-order valence-corrected chi connectivity index (χ4v) is 3.08. The zero-order chi connectivity index (χ0) is 17.3. The molecule has 1 fully saturated rings. The third-order valence-electron chi connectivity index (χ3n) is 4.36. The second kappa shape index (κ2) is 6.30. The van der Waals surface area contributed by atoms with Gasteiger partial charge in [-0.1, -0.05) is 39.0 Å². The molecule has 2 amide bonds. The number of hydrogen-bond acceptors (Lipinski definition) is 2. The first-order valence-electron chi connectivity index (χ1n) is 8.48. The largest absolute Gasteiger partial charge is 0.351 e. The lowest BCUT2D eigenvalue weighted by Crippen LogP contribution is -2.51. The molecule has 1 N–H and O–H groups in total. The third kappa shape index (κ3) is 3.61. The van der Waals surface area contributed by atoms with Crippen LogP contribution < -0.4 is 0 Å². The molecule has 0 saturated carbocycles. The lowest BCUT2D eigenvalue weighted by Gasteiger charge is -2.35. The highest BCUT2D eigenvalue weighted by atomic mass is 16.2. The Kier molecular flexibility index (Phi) is 4.35. The molecular formula is C19H25N3O2. The van der Waals surface area contributed by atoms with Gasteiger partial charge in [0.05, 0.1) is 0 Å². The van der Waals surface area contributed by atoms with Gasteiger partial charge >= 0.3 is 0 Å². The maximum Gasteiger partial charge on any atom is 0.270 e. The summed E-state index contributed by atoms with van der Waals surface area (Å²) in [6.07, 6.45) is 0.545. The third-order valence-corrected chi connectivity index (χ3v) is 4.36. The molecule has 5 heteroatoms. The number of amides is 2. The summed E-state index contributed by atoms with van der Waals surface area (Å²) in [5.41, 5.74) is 1.58. The van der Waals surface area contributed by atoms with E-state index in [2.05, 4.69) is 25.8 Å². The number of para-hydroxylation sites is 1. The highest BCUT2D eigenvalue weighted by molar-refractivity contribution is 5.98. The van der Waals surface area contributed by atoms with Crippen LogP contribution in [0.25, 0.3) is 10.9 Å². The van der Waals surface area contributed by atoms with Gasteiger partial charge in [0.1, 0.15) is 5.69 Å². The number of rotatable bonds is 2. The first-order chi connectivity index (χ1) is 11.3. The van der Waals surface area contributed by atoms with E-state index in [1.165, 1.54) is 0 Å². The van der Waals surface area contributed by atoms with Crippen LogP contribution in [0.5, 0.6) is 0 Å². The average Bonchev–Trinajstić information content (AvgIpc) is 2.96. The maximum absolute atomic E-state index is 12.7. The molecule has 0 radical (unpaired) electrons. The predicted molar refractivity (Wildman–Crippen MR) is 94.9 cm³/mol. The van der Waals surface area contributed by atoms with Gasteiger partial charge in [-0.3, -0.25) is 9.59 Å². The molecule has 0 atom stereocenters. The Bertz CT molecular complexity index is 716. The molecule has 1 aromatic carbocycles. The van der Waals surface area contributed by atoms with Crippen molar-refractivity contribution in [2.24, 2.45) is 5.41 Å². The number of hydrogen-bond donors (Lipinski definition) is 1. The van der Waals surface area contributed by atoms with E-state index in [1.807, 2.05) is 40.1 Å². The summed E-state index contributed by atoms with van der Waals surface area (Å²) >= 11 is 0. The minimum absolute atomic E-state index is 0.00556. The second-order valence-corrected chi connectivity index (χ2v) is 7.68. The van der Waals surface area contributed by atoms with E-state index in [9.17, 15) is 9.59 Å². The summed E-state index contributed by atoms with van der Waals surface area (Å²) in [6, 6.07) is 9.77. The average molecular weight is 327 g/mol. The van der Waals surface area contributed by atoms with Crippen LogP contribution in [0, 0.1) is 5.41 Å². The van der Waals surface area contributed by atoms with Gasteiger partial charge in [0.2, 0.25) is 5.91 Å². The van der Waals surface area contributed by atoms with Crippen LogP contribution in [0.15, 0.2) is 30.3 Å². The Morgan fingerprint density at radius 3 is 2.29 bits per heavy atom. The van der Waals surface area contributed by atoms with E-state index < -0.39 is 0 Å². The summed E-state index contributed by atoms with van der Waals surface area (Å²) < 4.78 is 0. The van der Waals surface area contributed by atoms with Crippen molar-refractivity contribution >= 4 is 22.7 Å². The Morgan fingerprint density at radius 2 is 1.67 bits per heavy atom. The standard InChI is InChI=1S/C19H25N3O2/c1-19(2,3)13-17(23)21-8-10-22(11-9-21)18(24)16-12-14-6-4-5-7-15(14)20-16/h4-7,12,20H,8-11,13H2,1-3H3. The van der Waals surface area contributed by atoms with Crippen LogP contribution in [0.2, 0.25) is 0 Å². The molecule has 1 aliphatic heterocycles. The van der Waals surface area contributed by atoms with Crippen molar-refractivity contribution < 1.29 is 9.59 Å². The highest BCUT2D eigenvalue weighted by Crippen LogP contribution is 2.21. The van der Waals surface area contributed by atoms with E-state index in [4.69, 9.17) is 0 Å². The van der Waals surface area contributed by atoms with Crippen molar-refractivity contribution in [2.75, 3.05) is 26.2 Å². The van der Waals surface area contributed by atoms with Gasteiger partial charge in [0.25, 0.3) is 5.91 Å². The lowest BCUT2D eigenvalue weighted by molar-refractivity contribution is -0.134. The predicted octanol–water partition coefficient (Wildman–Crippen LogP) is 2.89. The molecule has 0 aliphatic carbocycles. The van der Waals surface area contributed by atoms with Gasteiger partial charge in [0, 0.05) is 43.5 Å². The normalized spacial score (nSPS) is 15.8.